The lowest BCUT2D eigenvalue weighted by Crippen LogP contribution is -2.36. The number of halogens is 1. The van der Waals surface area contributed by atoms with Crippen LogP contribution in [0.1, 0.15) is 45.2 Å². The summed E-state index contributed by atoms with van der Waals surface area (Å²) in [6.07, 6.45) is 0.722. The van der Waals surface area contributed by atoms with Crippen LogP contribution >= 0.6 is 11.8 Å². The summed E-state index contributed by atoms with van der Waals surface area (Å²) in [5.74, 6) is -0.562. The Kier molecular flexibility index (Phi) is 4.70. The monoisotopic (exact) mass is 384 g/mol. The van der Waals surface area contributed by atoms with Gasteiger partial charge in [0.15, 0.2) is 0 Å². The number of carbonyl (C=O) groups excluding carboxylic acids is 3. The van der Waals surface area contributed by atoms with E-state index < -0.39 is 0 Å². The largest absolute Gasteiger partial charge is 0.349 e. The Hall–Kier alpha value is -2.67. The number of benzene rings is 2. The van der Waals surface area contributed by atoms with Crippen LogP contribution in [0.15, 0.2) is 47.4 Å². The van der Waals surface area contributed by atoms with Crippen molar-refractivity contribution in [3.05, 3.63) is 65.0 Å². The van der Waals surface area contributed by atoms with Gasteiger partial charge in [-0.3, -0.25) is 19.3 Å². The van der Waals surface area contributed by atoms with Crippen molar-refractivity contribution in [3.63, 3.8) is 0 Å². The van der Waals surface area contributed by atoms with Crippen LogP contribution in [-0.4, -0.2) is 34.9 Å². The van der Waals surface area contributed by atoms with Crippen LogP contribution in [0.4, 0.5) is 4.39 Å². The number of fused-ring (bicyclic) bond motifs is 2. The second kappa shape index (κ2) is 7.15. The number of amides is 3. The molecular formula is C20H17FN2O3S. The molecule has 0 saturated heterocycles. The molecule has 0 radical (unpaired) electrons. The van der Waals surface area contributed by atoms with Crippen LogP contribution in [0, 0.1) is 5.82 Å². The number of rotatable bonds is 4. The zero-order chi connectivity index (χ0) is 19.0. The minimum absolute atomic E-state index is 0.0137. The van der Waals surface area contributed by atoms with E-state index in [1.54, 1.807) is 30.3 Å². The third-order valence-corrected chi connectivity index (χ3v) is 5.96. The standard InChI is InChI=1S/C20H17FN2O3S/c21-15-7-3-6-14-16(9-11-27-18(14)15)22-17(24)8-10-23-19(25)12-4-1-2-5-13(12)20(23)26/h1-7,16H,8-11H2,(H,22,24). The van der Waals surface area contributed by atoms with Crippen LogP contribution in [0.2, 0.25) is 0 Å². The van der Waals surface area contributed by atoms with Gasteiger partial charge in [0.25, 0.3) is 11.8 Å². The molecule has 0 aliphatic carbocycles. The van der Waals surface area contributed by atoms with E-state index in [2.05, 4.69) is 5.32 Å². The fourth-order valence-electron chi connectivity index (χ4n) is 3.46. The van der Waals surface area contributed by atoms with Crippen molar-refractivity contribution in [1.82, 2.24) is 10.2 Å². The van der Waals surface area contributed by atoms with E-state index in [0.29, 0.717) is 22.4 Å². The Bertz CT molecular complexity index is 912. The topological polar surface area (TPSA) is 66.5 Å². The summed E-state index contributed by atoms with van der Waals surface area (Å²) in [5, 5.41) is 2.91. The summed E-state index contributed by atoms with van der Waals surface area (Å²) >= 11 is 1.45. The summed E-state index contributed by atoms with van der Waals surface area (Å²) in [6.45, 7) is 0.0235. The van der Waals surface area contributed by atoms with Crippen LogP contribution in [0.3, 0.4) is 0 Å². The molecule has 0 fully saturated rings. The van der Waals surface area contributed by atoms with Gasteiger partial charge in [0.2, 0.25) is 5.91 Å². The molecule has 27 heavy (non-hydrogen) atoms. The molecule has 2 aliphatic rings. The highest BCUT2D eigenvalue weighted by Gasteiger charge is 2.35. The molecule has 1 unspecified atom stereocenters. The van der Waals surface area contributed by atoms with Crippen molar-refractivity contribution in [2.45, 2.75) is 23.8 Å². The molecule has 138 valence electrons. The van der Waals surface area contributed by atoms with Gasteiger partial charge < -0.3 is 5.32 Å². The molecule has 2 aromatic carbocycles. The number of hydrogen-bond donors (Lipinski definition) is 1. The fourth-order valence-corrected chi connectivity index (χ4v) is 4.60. The van der Waals surface area contributed by atoms with E-state index in [1.165, 1.54) is 17.8 Å². The summed E-state index contributed by atoms with van der Waals surface area (Å²) < 4.78 is 13.9. The number of nitrogens with one attached hydrogen (secondary N) is 1. The highest BCUT2D eigenvalue weighted by Crippen LogP contribution is 2.37. The lowest BCUT2D eigenvalue weighted by Gasteiger charge is -2.26. The lowest BCUT2D eigenvalue weighted by molar-refractivity contribution is -0.122. The van der Waals surface area contributed by atoms with Gasteiger partial charge in [-0.15, -0.1) is 11.8 Å². The molecular weight excluding hydrogens is 367 g/mol. The van der Waals surface area contributed by atoms with E-state index in [4.69, 9.17) is 0 Å². The maximum absolute atomic E-state index is 13.9. The third-order valence-electron chi connectivity index (χ3n) is 4.80. The number of thioether (sulfide) groups is 1. The summed E-state index contributed by atoms with van der Waals surface area (Å²) in [6, 6.07) is 11.2. The van der Waals surface area contributed by atoms with Crippen LogP contribution in [0.25, 0.3) is 0 Å². The Balaban J connectivity index is 1.40. The second-order valence-electron chi connectivity index (χ2n) is 6.47. The van der Waals surface area contributed by atoms with Crippen molar-refractivity contribution in [2.24, 2.45) is 0 Å². The highest BCUT2D eigenvalue weighted by atomic mass is 32.2. The minimum Gasteiger partial charge on any atom is -0.349 e. The molecule has 0 spiro atoms. The predicted octanol–water partition coefficient (Wildman–Crippen LogP) is 3.17. The Labute approximate surface area is 159 Å². The number of carbonyl (C=O) groups is 3. The van der Waals surface area contributed by atoms with E-state index in [1.807, 2.05) is 6.07 Å². The van der Waals surface area contributed by atoms with Gasteiger partial charge in [-0.1, -0.05) is 24.3 Å². The molecule has 2 aromatic rings. The fraction of sp³-hybridized carbons (Fsp3) is 0.250. The SMILES string of the molecule is O=C(CCN1C(=O)c2ccccc2C1=O)NC1CCSc2c(F)cccc21. The first kappa shape index (κ1) is 17.7. The average molecular weight is 384 g/mol. The minimum atomic E-state index is -0.370. The van der Waals surface area contributed by atoms with Gasteiger partial charge >= 0.3 is 0 Å². The van der Waals surface area contributed by atoms with Crippen molar-refractivity contribution in [1.29, 1.82) is 0 Å². The maximum atomic E-state index is 13.9. The van der Waals surface area contributed by atoms with Crippen LogP contribution in [-0.2, 0) is 4.79 Å². The predicted molar refractivity (Wildman–Crippen MR) is 99.1 cm³/mol. The van der Waals surface area contributed by atoms with E-state index in [9.17, 15) is 18.8 Å². The lowest BCUT2D eigenvalue weighted by atomic mass is 10.0. The Morgan fingerprint density at radius 1 is 1.11 bits per heavy atom. The van der Waals surface area contributed by atoms with Crippen molar-refractivity contribution in [2.75, 3.05) is 12.3 Å². The second-order valence-corrected chi connectivity index (χ2v) is 7.58. The Morgan fingerprint density at radius 2 is 1.81 bits per heavy atom. The van der Waals surface area contributed by atoms with Gasteiger partial charge in [0.05, 0.1) is 17.2 Å². The van der Waals surface area contributed by atoms with Gasteiger partial charge in [-0.2, -0.15) is 0 Å². The van der Waals surface area contributed by atoms with Crippen molar-refractivity contribution < 1.29 is 18.8 Å². The zero-order valence-electron chi connectivity index (χ0n) is 14.4. The summed E-state index contributed by atoms with van der Waals surface area (Å²) in [4.78, 5) is 38.8. The maximum Gasteiger partial charge on any atom is 0.261 e. The quantitative estimate of drug-likeness (QED) is 0.823. The zero-order valence-corrected chi connectivity index (χ0v) is 15.2. The first-order valence-electron chi connectivity index (χ1n) is 8.72. The van der Waals surface area contributed by atoms with E-state index >= 15 is 0 Å². The van der Waals surface area contributed by atoms with Gasteiger partial charge in [-0.05, 0) is 30.2 Å². The normalized spacial score (nSPS) is 18.3. The number of hydrogen-bond acceptors (Lipinski definition) is 4. The van der Waals surface area contributed by atoms with E-state index in [0.717, 1.165) is 16.2 Å². The molecule has 0 bridgehead atoms. The van der Waals surface area contributed by atoms with Crippen LogP contribution in [0.5, 0.6) is 0 Å². The molecule has 5 nitrogen and oxygen atoms in total. The first-order valence-corrected chi connectivity index (χ1v) is 9.70. The van der Waals surface area contributed by atoms with Crippen molar-refractivity contribution in [3.8, 4) is 0 Å². The van der Waals surface area contributed by atoms with Gasteiger partial charge in [-0.25, -0.2) is 4.39 Å². The summed E-state index contributed by atoms with van der Waals surface area (Å²) in [7, 11) is 0. The molecule has 7 heteroatoms. The number of nitrogens with zero attached hydrogens (tertiary/aromatic N) is 1. The molecule has 2 aliphatic heterocycles. The Morgan fingerprint density at radius 3 is 2.52 bits per heavy atom. The first-order chi connectivity index (χ1) is 13.1. The van der Waals surface area contributed by atoms with Crippen molar-refractivity contribution >= 4 is 29.5 Å². The molecule has 3 amide bonds. The van der Waals surface area contributed by atoms with Gasteiger partial charge in [0, 0.05) is 23.6 Å². The summed E-state index contributed by atoms with van der Waals surface area (Å²) in [5.41, 5.74) is 1.52. The van der Waals surface area contributed by atoms with E-state index in [-0.39, 0.29) is 42.5 Å². The highest BCUT2D eigenvalue weighted by molar-refractivity contribution is 7.99. The molecule has 2 heterocycles. The average Bonchev–Trinajstić information content (AvgIpc) is 2.92. The number of imide groups is 1. The molecule has 0 saturated carbocycles. The molecule has 1 atom stereocenters. The van der Waals surface area contributed by atoms with Crippen LogP contribution < -0.4 is 5.32 Å². The molecule has 4 rings (SSSR count). The molecule has 0 aromatic heterocycles. The smallest absolute Gasteiger partial charge is 0.261 e. The van der Waals surface area contributed by atoms with Gasteiger partial charge in [0.1, 0.15) is 5.82 Å². The molecule has 1 N–H and O–H groups in total. The third kappa shape index (κ3) is 3.23.